The molecule has 2 atom stereocenters. The maximum Gasteiger partial charge on any atom is 0.243 e. The SMILES string of the molecule is O=S1(=O)C[C@H](O)[C@@H](N(CCNS(=O)(=O)c2ccc(F)cc2)S(=O)(=O)c2ccc(F)cc2)C1. The summed E-state index contributed by atoms with van der Waals surface area (Å²) in [5, 5.41) is 10.2. The second-order valence-electron chi connectivity index (χ2n) is 7.13. The van der Waals surface area contributed by atoms with Gasteiger partial charge in [0.15, 0.2) is 9.84 Å². The van der Waals surface area contributed by atoms with Crippen molar-refractivity contribution >= 4 is 29.9 Å². The van der Waals surface area contributed by atoms with Gasteiger partial charge in [0, 0.05) is 13.1 Å². The van der Waals surface area contributed by atoms with E-state index in [-0.39, 0.29) is 9.79 Å². The summed E-state index contributed by atoms with van der Waals surface area (Å²) in [6.07, 6.45) is -1.52. The van der Waals surface area contributed by atoms with Crippen LogP contribution in [0.15, 0.2) is 58.3 Å². The Morgan fingerprint density at radius 1 is 0.906 bits per heavy atom. The Balaban J connectivity index is 1.86. The summed E-state index contributed by atoms with van der Waals surface area (Å²) in [6, 6.07) is 6.36. The van der Waals surface area contributed by atoms with Crippen LogP contribution in [-0.4, -0.2) is 71.4 Å². The molecule has 2 N–H and O–H groups in total. The average Bonchev–Trinajstić information content (AvgIpc) is 2.97. The van der Waals surface area contributed by atoms with Gasteiger partial charge in [0.1, 0.15) is 11.6 Å². The van der Waals surface area contributed by atoms with E-state index in [1.54, 1.807) is 0 Å². The first-order valence-electron chi connectivity index (χ1n) is 9.23. The normalized spacial score (nSPS) is 21.1. The topological polar surface area (TPSA) is 138 Å². The van der Waals surface area contributed by atoms with Crippen LogP contribution < -0.4 is 4.72 Å². The molecule has 2 aromatic carbocycles. The van der Waals surface area contributed by atoms with Crippen LogP contribution in [0.25, 0.3) is 0 Å². The lowest BCUT2D eigenvalue weighted by Gasteiger charge is -2.29. The first-order valence-corrected chi connectivity index (χ1v) is 14.0. The summed E-state index contributed by atoms with van der Waals surface area (Å²) < 4.78 is 104. The fourth-order valence-electron chi connectivity index (χ4n) is 3.28. The van der Waals surface area contributed by atoms with Crippen molar-refractivity contribution in [3.8, 4) is 0 Å². The Morgan fingerprint density at radius 3 is 1.88 bits per heavy atom. The van der Waals surface area contributed by atoms with Crippen LogP contribution in [0, 0.1) is 11.6 Å². The Morgan fingerprint density at radius 2 is 1.41 bits per heavy atom. The summed E-state index contributed by atoms with van der Waals surface area (Å²) in [7, 11) is -12.3. The van der Waals surface area contributed by atoms with E-state index in [2.05, 4.69) is 4.72 Å². The van der Waals surface area contributed by atoms with Gasteiger partial charge in [0.05, 0.1) is 33.4 Å². The number of aliphatic hydroxyl groups excluding tert-OH is 1. The van der Waals surface area contributed by atoms with E-state index >= 15 is 0 Å². The lowest BCUT2D eigenvalue weighted by molar-refractivity contribution is 0.128. The van der Waals surface area contributed by atoms with Crippen molar-refractivity contribution in [3.05, 3.63) is 60.2 Å². The molecule has 0 aliphatic carbocycles. The van der Waals surface area contributed by atoms with Gasteiger partial charge in [0.2, 0.25) is 20.0 Å². The Labute approximate surface area is 184 Å². The van der Waals surface area contributed by atoms with Gasteiger partial charge in [-0.1, -0.05) is 0 Å². The largest absolute Gasteiger partial charge is 0.390 e. The molecule has 0 bridgehead atoms. The van der Waals surface area contributed by atoms with Crippen LogP contribution in [0.1, 0.15) is 0 Å². The molecule has 176 valence electrons. The second-order valence-corrected chi connectivity index (χ2v) is 12.9. The molecule has 1 saturated heterocycles. The van der Waals surface area contributed by atoms with Crippen molar-refractivity contribution in [2.75, 3.05) is 24.6 Å². The van der Waals surface area contributed by atoms with Crippen LogP contribution in [0.2, 0.25) is 0 Å². The quantitative estimate of drug-likeness (QED) is 0.513. The third-order valence-electron chi connectivity index (χ3n) is 4.83. The number of hydrogen-bond donors (Lipinski definition) is 2. The van der Waals surface area contributed by atoms with E-state index in [1.165, 1.54) is 0 Å². The highest BCUT2D eigenvalue weighted by Crippen LogP contribution is 2.25. The number of sulfone groups is 1. The molecule has 0 unspecified atom stereocenters. The Bertz CT molecular complexity index is 1280. The van der Waals surface area contributed by atoms with Gasteiger partial charge in [-0.3, -0.25) is 0 Å². The summed E-state index contributed by atoms with van der Waals surface area (Å²) in [5.41, 5.74) is 0. The molecule has 0 amide bonds. The van der Waals surface area contributed by atoms with Gasteiger partial charge < -0.3 is 5.11 Å². The minimum absolute atomic E-state index is 0.254. The van der Waals surface area contributed by atoms with Gasteiger partial charge in [-0.05, 0) is 48.5 Å². The average molecular weight is 511 g/mol. The molecule has 1 aliphatic heterocycles. The number of halogens is 2. The minimum atomic E-state index is -4.41. The van der Waals surface area contributed by atoms with Gasteiger partial charge in [-0.2, -0.15) is 4.31 Å². The lowest BCUT2D eigenvalue weighted by atomic mass is 10.2. The minimum Gasteiger partial charge on any atom is -0.390 e. The molecule has 0 spiro atoms. The smallest absolute Gasteiger partial charge is 0.243 e. The van der Waals surface area contributed by atoms with Gasteiger partial charge in [0.25, 0.3) is 0 Å². The number of hydrogen-bond acceptors (Lipinski definition) is 7. The molecule has 1 fully saturated rings. The molecule has 0 saturated carbocycles. The fraction of sp³-hybridized carbons (Fsp3) is 0.333. The van der Waals surface area contributed by atoms with E-state index < -0.39 is 78.3 Å². The maximum absolute atomic E-state index is 13.2. The van der Waals surface area contributed by atoms with Gasteiger partial charge in [-0.15, -0.1) is 0 Å². The fourth-order valence-corrected chi connectivity index (χ4v) is 7.85. The summed E-state index contributed by atoms with van der Waals surface area (Å²) >= 11 is 0. The van der Waals surface area contributed by atoms with Crippen LogP contribution >= 0.6 is 0 Å². The number of nitrogens with one attached hydrogen (secondary N) is 1. The lowest BCUT2D eigenvalue weighted by Crippen LogP contribution is -2.49. The standard InChI is InChI=1S/C18H20F2N2O7S3/c19-13-1-5-15(6-2-13)31(26,27)21-9-10-22(17-11-30(24,25)12-18(17)23)32(28,29)16-7-3-14(20)4-8-16/h1-8,17-18,21,23H,9-12H2/t17-,18-/m0/s1. The number of benzene rings is 2. The monoisotopic (exact) mass is 510 g/mol. The molecule has 3 rings (SSSR count). The Hall–Kier alpha value is -1.97. The van der Waals surface area contributed by atoms with Crippen LogP contribution in [0.5, 0.6) is 0 Å². The predicted molar refractivity (Wildman–Crippen MR) is 110 cm³/mol. The summed E-state index contributed by atoms with van der Waals surface area (Å²) in [5.74, 6) is -2.63. The maximum atomic E-state index is 13.2. The zero-order chi connectivity index (χ0) is 23.7. The molecule has 0 aromatic heterocycles. The van der Waals surface area contributed by atoms with Crippen molar-refractivity contribution in [1.82, 2.24) is 9.03 Å². The van der Waals surface area contributed by atoms with Crippen LogP contribution in [0.4, 0.5) is 8.78 Å². The number of aliphatic hydroxyl groups is 1. The first kappa shape index (κ1) is 24.7. The molecule has 2 aromatic rings. The molecule has 0 radical (unpaired) electrons. The molecule has 32 heavy (non-hydrogen) atoms. The van der Waals surface area contributed by atoms with Crippen molar-refractivity contribution in [3.63, 3.8) is 0 Å². The number of rotatable bonds is 8. The van der Waals surface area contributed by atoms with Gasteiger partial charge in [-0.25, -0.2) is 38.8 Å². The van der Waals surface area contributed by atoms with Crippen molar-refractivity contribution < 1.29 is 39.1 Å². The molecular formula is C18H20F2N2O7S3. The number of sulfonamides is 2. The number of nitrogens with zero attached hydrogens (tertiary/aromatic N) is 1. The van der Waals surface area contributed by atoms with Crippen molar-refractivity contribution in [2.45, 2.75) is 21.9 Å². The van der Waals surface area contributed by atoms with E-state index in [9.17, 15) is 39.1 Å². The molecule has 1 heterocycles. The Kier molecular flexibility index (Phi) is 7.02. The van der Waals surface area contributed by atoms with Crippen LogP contribution in [0.3, 0.4) is 0 Å². The summed E-state index contributed by atoms with van der Waals surface area (Å²) in [4.78, 5) is -0.605. The van der Waals surface area contributed by atoms with E-state index in [1.807, 2.05) is 0 Å². The molecule has 9 nitrogen and oxygen atoms in total. The second kappa shape index (κ2) is 9.11. The summed E-state index contributed by atoms with van der Waals surface area (Å²) in [6.45, 7) is -0.985. The molecule has 14 heteroatoms. The third-order valence-corrected chi connectivity index (χ3v) is 9.95. The first-order chi connectivity index (χ1) is 14.8. The van der Waals surface area contributed by atoms with E-state index in [0.29, 0.717) is 4.31 Å². The van der Waals surface area contributed by atoms with Gasteiger partial charge >= 0.3 is 0 Å². The van der Waals surface area contributed by atoms with Crippen molar-refractivity contribution in [1.29, 1.82) is 0 Å². The van der Waals surface area contributed by atoms with Crippen LogP contribution in [-0.2, 0) is 29.9 Å². The third kappa shape index (κ3) is 5.50. The molecular weight excluding hydrogens is 490 g/mol. The van der Waals surface area contributed by atoms with E-state index in [0.717, 1.165) is 48.5 Å². The predicted octanol–water partition coefficient (Wildman–Crippen LogP) is 0.0919. The zero-order valence-corrected chi connectivity index (χ0v) is 18.9. The highest BCUT2D eigenvalue weighted by atomic mass is 32.2. The highest BCUT2D eigenvalue weighted by Gasteiger charge is 2.44. The zero-order valence-electron chi connectivity index (χ0n) is 16.4. The molecule has 1 aliphatic rings. The highest BCUT2D eigenvalue weighted by molar-refractivity contribution is 7.92. The van der Waals surface area contributed by atoms with E-state index in [4.69, 9.17) is 0 Å². The van der Waals surface area contributed by atoms with Crippen molar-refractivity contribution in [2.24, 2.45) is 0 Å².